The third-order valence-corrected chi connectivity index (χ3v) is 4.99. The first-order chi connectivity index (χ1) is 9.74. The second-order valence-corrected chi connectivity index (χ2v) is 6.38. The Hall–Kier alpha value is -1.68. The molecule has 0 spiro atoms. The van der Waals surface area contributed by atoms with Gasteiger partial charge in [-0.15, -0.1) is 11.3 Å². The van der Waals surface area contributed by atoms with Crippen molar-refractivity contribution in [2.75, 3.05) is 0 Å². The predicted octanol–water partition coefficient (Wildman–Crippen LogP) is 3.51. The molecule has 1 aliphatic rings. The second-order valence-electron chi connectivity index (χ2n) is 5.25. The largest absolute Gasteiger partial charge is 0.345 e. The van der Waals surface area contributed by atoms with Crippen molar-refractivity contribution in [2.45, 2.75) is 38.6 Å². The summed E-state index contributed by atoms with van der Waals surface area (Å²) in [7, 11) is 0. The molecule has 1 amide bonds. The zero-order valence-corrected chi connectivity index (χ0v) is 12.4. The van der Waals surface area contributed by atoms with Crippen LogP contribution in [0.5, 0.6) is 0 Å². The third kappa shape index (κ3) is 2.75. The van der Waals surface area contributed by atoms with Crippen molar-refractivity contribution < 1.29 is 4.79 Å². The lowest BCUT2D eigenvalue weighted by atomic mass is 9.99. The first kappa shape index (κ1) is 13.3. The van der Waals surface area contributed by atoms with Crippen molar-refractivity contribution in [1.82, 2.24) is 10.3 Å². The number of rotatable bonds is 3. The molecule has 0 aliphatic heterocycles. The zero-order chi connectivity index (χ0) is 13.9. The summed E-state index contributed by atoms with van der Waals surface area (Å²) >= 11 is 1.65. The average molecular weight is 286 g/mol. The molecule has 3 rings (SSSR count). The first-order valence-electron chi connectivity index (χ1n) is 7.06. The van der Waals surface area contributed by atoms with Gasteiger partial charge in [0.2, 0.25) is 0 Å². The van der Waals surface area contributed by atoms with E-state index in [-0.39, 0.29) is 11.9 Å². The van der Waals surface area contributed by atoms with E-state index in [0.29, 0.717) is 0 Å². The maximum absolute atomic E-state index is 12.3. The smallest absolute Gasteiger partial charge is 0.261 e. The molecule has 20 heavy (non-hydrogen) atoms. The van der Waals surface area contributed by atoms with Crippen LogP contribution in [-0.2, 0) is 12.8 Å². The Bertz CT molecular complexity index is 583. The van der Waals surface area contributed by atoms with E-state index < -0.39 is 0 Å². The molecule has 0 radical (unpaired) electrons. The molecule has 1 aliphatic carbocycles. The Morgan fingerprint density at radius 1 is 1.40 bits per heavy atom. The van der Waals surface area contributed by atoms with Gasteiger partial charge >= 0.3 is 0 Å². The lowest BCUT2D eigenvalue weighted by Crippen LogP contribution is -2.25. The van der Waals surface area contributed by atoms with Crippen molar-refractivity contribution in [2.24, 2.45) is 0 Å². The average Bonchev–Trinajstić information content (AvgIpc) is 2.92. The van der Waals surface area contributed by atoms with Crippen LogP contribution in [0.4, 0.5) is 0 Å². The van der Waals surface area contributed by atoms with Crippen LogP contribution in [0.2, 0.25) is 0 Å². The standard InChI is InChI=1S/C16H18N2OS/c1-11(13-6-4-8-17-10-13)18-16(19)15-9-12-5-2-3-7-14(12)20-15/h4,6,8-11H,2-3,5,7H2,1H3,(H,18,19). The van der Waals surface area contributed by atoms with E-state index in [0.717, 1.165) is 23.3 Å². The monoisotopic (exact) mass is 286 g/mol. The van der Waals surface area contributed by atoms with Gasteiger partial charge < -0.3 is 5.32 Å². The summed E-state index contributed by atoms with van der Waals surface area (Å²) in [5.41, 5.74) is 2.41. The van der Waals surface area contributed by atoms with Crippen molar-refractivity contribution in [3.8, 4) is 0 Å². The van der Waals surface area contributed by atoms with Gasteiger partial charge in [0.1, 0.15) is 0 Å². The van der Waals surface area contributed by atoms with Gasteiger partial charge in [0.15, 0.2) is 0 Å². The van der Waals surface area contributed by atoms with Crippen LogP contribution in [0.15, 0.2) is 30.6 Å². The molecular weight excluding hydrogens is 268 g/mol. The van der Waals surface area contributed by atoms with Crippen molar-refractivity contribution >= 4 is 17.2 Å². The van der Waals surface area contributed by atoms with E-state index in [1.54, 1.807) is 23.7 Å². The highest BCUT2D eigenvalue weighted by molar-refractivity contribution is 7.14. The molecule has 104 valence electrons. The van der Waals surface area contributed by atoms with Crippen molar-refractivity contribution in [3.63, 3.8) is 0 Å². The molecule has 2 aromatic rings. The lowest BCUT2D eigenvalue weighted by molar-refractivity contribution is 0.0944. The van der Waals surface area contributed by atoms with Gasteiger partial charge in [-0.05, 0) is 55.9 Å². The Kier molecular flexibility index (Phi) is 3.83. The summed E-state index contributed by atoms with van der Waals surface area (Å²) in [5, 5.41) is 3.05. The van der Waals surface area contributed by atoms with Crippen LogP contribution in [0.3, 0.4) is 0 Å². The van der Waals surface area contributed by atoms with E-state index in [9.17, 15) is 4.79 Å². The Labute approximate surface area is 123 Å². The number of pyridine rings is 1. The van der Waals surface area contributed by atoms with Gasteiger partial charge in [0, 0.05) is 17.3 Å². The topological polar surface area (TPSA) is 42.0 Å². The summed E-state index contributed by atoms with van der Waals surface area (Å²) in [6, 6.07) is 5.93. The van der Waals surface area contributed by atoms with Gasteiger partial charge in [0.25, 0.3) is 5.91 Å². The molecule has 0 saturated heterocycles. The molecule has 2 heterocycles. The van der Waals surface area contributed by atoms with Crippen molar-refractivity contribution in [3.05, 3.63) is 51.5 Å². The molecule has 4 heteroatoms. The molecule has 1 N–H and O–H groups in total. The molecule has 0 saturated carbocycles. The minimum absolute atomic E-state index is 0.0182. The van der Waals surface area contributed by atoms with E-state index in [2.05, 4.69) is 16.4 Å². The molecular formula is C16H18N2OS. The fourth-order valence-corrected chi connectivity index (χ4v) is 3.74. The van der Waals surface area contributed by atoms with Gasteiger partial charge in [0.05, 0.1) is 10.9 Å². The van der Waals surface area contributed by atoms with Crippen LogP contribution in [-0.4, -0.2) is 10.9 Å². The number of fused-ring (bicyclic) bond motifs is 1. The summed E-state index contributed by atoms with van der Waals surface area (Å²) < 4.78 is 0. The fraction of sp³-hybridized carbons (Fsp3) is 0.375. The van der Waals surface area contributed by atoms with Gasteiger partial charge in [-0.1, -0.05) is 6.07 Å². The Morgan fingerprint density at radius 2 is 2.25 bits per heavy atom. The van der Waals surface area contributed by atoms with E-state index in [1.807, 2.05) is 19.1 Å². The number of nitrogens with one attached hydrogen (secondary N) is 1. The van der Waals surface area contributed by atoms with Gasteiger partial charge in [-0.25, -0.2) is 0 Å². The number of aromatic nitrogens is 1. The Balaban J connectivity index is 1.71. The second kappa shape index (κ2) is 5.75. The quantitative estimate of drug-likeness (QED) is 0.938. The highest BCUT2D eigenvalue weighted by atomic mass is 32.1. The SMILES string of the molecule is CC(NC(=O)c1cc2c(s1)CCCC2)c1cccnc1. The predicted molar refractivity (Wildman–Crippen MR) is 81.1 cm³/mol. The molecule has 1 unspecified atom stereocenters. The van der Waals surface area contributed by atoms with Gasteiger partial charge in [-0.2, -0.15) is 0 Å². The highest BCUT2D eigenvalue weighted by Crippen LogP contribution is 2.29. The molecule has 0 bridgehead atoms. The minimum atomic E-state index is -0.0182. The highest BCUT2D eigenvalue weighted by Gasteiger charge is 2.18. The summed E-state index contributed by atoms with van der Waals surface area (Å²) in [4.78, 5) is 18.7. The number of hydrogen-bond donors (Lipinski definition) is 1. The minimum Gasteiger partial charge on any atom is -0.345 e. The maximum Gasteiger partial charge on any atom is 0.261 e. The number of nitrogens with zero attached hydrogens (tertiary/aromatic N) is 1. The summed E-state index contributed by atoms with van der Waals surface area (Å²) in [5.74, 6) is 0.0285. The number of aryl methyl sites for hydroxylation is 2. The number of carbonyl (C=O) groups is 1. The zero-order valence-electron chi connectivity index (χ0n) is 11.6. The van der Waals surface area contributed by atoms with E-state index in [1.165, 1.54) is 23.3 Å². The molecule has 3 nitrogen and oxygen atoms in total. The summed E-state index contributed by atoms with van der Waals surface area (Å²) in [6.07, 6.45) is 8.29. The van der Waals surface area contributed by atoms with Crippen LogP contribution in [0, 0.1) is 0 Å². The molecule has 1 atom stereocenters. The van der Waals surface area contributed by atoms with E-state index in [4.69, 9.17) is 0 Å². The normalized spacial score (nSPS) is 15.4. The van der Waals surface area contributed by atoms with Crippen LogP contribution in [0.25, 0.3) is 0 Å². The Morgan fingerprint density at radius 3 is 3.00 bits per heavy atom. The first-order valence-corrected chi connectivity index (χ1v) is 7.88. The fourth-order valence-electron chi connectivity index (χ4n) is 2.59. The molecule has 2 aromatic heterocycles. The van der Waals surface area contributed by atoms with Crippen LogP contribution >= 0.6 is 11.3 Å². The lowest BCUT2D eigenvalue weighted by Gasteiger charge is -2.12. The number of thiophene rings is 1. The number of carbonyl (C=O) groups excluding carboxylic acids is 1. The number of hydrogen-bond acceptors (Lipinski definition) is 3. The molecule has 0 aromatic carbocycles. The maximum atomic E-state index is 12.3. The summed E-state index contributed by atoms with van der Waals surface area (Å²) in [6.45, 7) is 1.99. The number of amides is 1. The third-order valence-electron chi connectivity index (χ3n) is 3.75. The van der Waals surface area contributed by atoms with Crippen molar-refractivity contribution in [1.29, 1.82) is 0 Å². The van der Waals surface area contributed by atoms with Gasteiger partial charge in [-0.3, -0.25) is 9.78 Å². The van der Waals surface area contributed by atoms with Crippen LogP contribution in [0.1, 0.15) is 51.5 Å². The van der Waals surface area contributed by atoms with E-state index >= 15 is 0 Å². The van der Waals surface area contributed by atoms with Crippen LogP contribution < -0.4 is 5.32 Å². The molecule has 0 fully saturated rings.